The van der Waals surface area contributed by atoms with Gasteiger partial charge in [0.15, 0.2) is 5.82 Å². The molecule has 0 radical (unpaired) electrons. The lowest BCUT2D eigenvalue weighted by Crippen LogP contribution is -2.53. The third kappa shape index (κ3) is 5.64. The molecule has 0 bridgehead atoms. The van der Waals surface area contributed by atoms with Crippen LogP contribution in [0, 0.1) is 5.92 Å². The van der Waals surface area contributed by atoms with Gasteiger partial charge in [0.2, 0.25) is 5.95 Å². The summed E-state index contributed by atoms with van der Waals surface area (Å²) in [7, 11) is 0. The Morgan fingerprint density at radius 2 is 1.68 bits per heavy atom. The average molecular weight is 556 g/mol. The van der Waals surface area contributed by atoms with Crippen LogP contribution in [-0.4, -0.2) is 88.6 Å². The van der Waals surface area contributed by atoms with Crippen LogP contribution in [0.15, 0.2) is 30.3 Å². The second kappa shape index (κ2) is 11.5. The summed E-state index contributed by atoms with van der Waals surface area (Å²) >= 11 is 0. The van der Waals surface area contributed by atoms with Crippen LogP contribution in [0.2, 0.25) is 0 Å². The maximum absolute atomic E-state index is 14.2. The normalized spacial score (nSPS) is 24.1. The maximum atomic E-state index is 14.2. The highest BCUT2D eigenvalue weighted by Gasteiger charge is 2.33. The zero-order valence-electron chi connectivity index (χ0n) is 23.4. The second-order valence-corrected chi connectivity index (χ2v) is 11.7. The van der Waals surface area contributed by atoms with E-state index in [2.05, 4.69) is 33.9 Å². The third-order valence-corrected chi connectivity index (χ3v) is 8.56. The van der Waals surface area contributed by atoms with Crippen molar-refractivity contribution >= 4 is 22.8 Å². The molecule has 1 aliphatic carbocycles. The highest BCUT2D eigenvalue weighted by Crippen LogP contribution is 2.33. The molecular formula is C29H39F2N7O2. The monoisotopic (exact) mass is 555 g/mol. The number of nitrogens with zero attached hydrogens (tertiary/aromatic N) is 6. The van der Waals surface area contributed by atoms with Gasteiger partial charge in [0.1, 0.15) is 11.6 Å². The van der Waals surface area contributed by atoms with E-state index >= 15 is 0 Å². The van der Waals surface area contributed by atoms with E-state index in [-0.39, 0.29) is 11.4 Å². The minimum absolute atomic E-state index is 0.304. The van der Waals surface area contributed by atoms with Gasteiger partial charge in [-0.15, -0.1) is 0 Å². The van der Waals surface area contributed by atoms with Gasteiger partial charge in [0, 0.05) is 38.3 Å². The lowest BCUT2D eigenvalue weighted by atomic mass is 9.85. The van der Waals surface area contributed by atoms with Crippen molar-refractivity contribution in [1.82, 2.24) is 24.4 Å². The van der Waals surface area contributed by atoms with E-state index in [1.165, 1.54) is 17.4 Å². The zero-order chi connectivity index (χ0) is 27.7. The molecule has 2 saturated heterocycles. The molecule has 3 aromatic rings. The van der Waals surface area contributed by atoms with Crippen LogP contribution >= 0.6 is 0 Å². The van der Waals surface area contributed by atoms with Gasteiger partial charge in [-0.05, 0) is 57.6 Å². The van der Waals surface area contributed by atoms with Crippen LogP contribution in [0.4, 0.5) is 20.5 Å². The summed E-state index contributed by atoms with van der Waals surface area (Å²) in [4.78, 5) is 18.7. The van der Waals surface area contributed by atoms with Gasteiger partial charge in [-0.2, -0.15) is 9.97 Å². The Balaban J connectivity index is 1.28. The number of para-hydroxylation sites is 2. The van der Waals surface area contributed by atoms with E-state index in [4.69, 9.17) is 19.4 Å². The van der Waals surface area contributed by atoms with Crippen molar-refractivity contribution < 1.29 is 18.3 Å². The Hall–Kier alpha value is -2.89. The number of alkyl halides is 2. The number of morpholine rings is 2. The minimum atomic E-state index is -2.75. The van der Waals surface area contributed by atoms with Crippen molar-refractivity contribution in [2.75, 3.05) is 62.8 Å². The van der Waals surface area contributed by atoms with Crippen molar-refractivity contribution in [3.05, 3.63) is 36.2 Å². The van der Waals surface area contributed by atoms with Gasteiger partial charge in [0.25, 0.3) is 6.43 Å². The topological polar surface area (TPSA) is 80.6 Å². The molecule has 0 atom stereocenters. The summed E-state index contributed by atoms with van der Waals surface area (Å²) in [5, 5.41) is 3.48. The van der Waals surface area contributed by atoms with E-state index in [0.717, 1.165) is 45.7 Å². The number of hydrogen-bond acceptors (Lipinski definition) is 8. The van der Waals surface area contributed by atoms with Crippen LogP contribution in [0.5, 0.6) is 0 Å². The largest absolute Gasteiger partial charge is 0.379 e. The van der Waals surface area contributed by atoms with Crippen LogP contribution in [0.3, 0.4) is 0 Å². The fraction of sp³-hybridized carbons (Fsp3) is 0.621. The number of fused-ring (bicyclic) bond motifs is 1. The number of halogens is 2. The number of aromatic nitrogens is 4. The van der Waals surface area contributed by atoms with Crippen LogP contribution < -0.4 is 10.2 Å². The molecule has 3 fully saturated rings. The first-order chi connectivity index (χ1) is 19.4. The average Bonchev–Trinajstić information content (AvgIpc) is 3.37. The molecular weight excluding hydrogens is 516 g/mol. The number of hydrogen-bond donors (Lipinski definition) is 1. The molecule has 3 aliphatic rings. The molecule has 2 aromatic heterocycles. The predicted octanol–water partition coefficient (Wildman–Crippen LogP) is 4.67. The Labute approximate surface area is 233 Å². The summed E-state index contributed by atoms with van der Waals surface area (Å²) in [5.74, 6) is 1.71. The zero-order valence-corrected chi connectivity index (χ0v) is 23.4. The van der Waals surface area contributed by atoms with Gasteiger partial charge in [-0.3, -0.25) is 9.47 Å². The van der Waals surface area contributed by atoms with Crippen molar-refractivity contribution in [3.63, 3.8) is 0 Å². The van der Waals surface area contributed by atoms with Crippen molar-refractivity contribution in [3.8, 4) is 5.82 Å². The quantitative estimate of drug-likeness (QED) is 0.451. The van der Waals surface area contributed by atoms with Crippen LogP contribution in [0.25, 0.3) is 16.9 Å². The molecule has 4 heterocycles. The van der Waals surface area contributed by atoms with Gasteiger partial charge in [-0.25, -0.2) is 13.8 Å². The molecule has 216 valence electrons. The highest BCUT2D eigenvalue weighted by atomic mass is 19.3. The molecule has 0 amide bonds. The lowest BCUT2D eigenvalue weighted by molar-refractivity contribution is 0.00539. The standard InChI is InChI=1S/C29H39F2N7O2/c1-29(2)19-40-16-13-37(29)24-17-25(38-23-6-4-3-5-22(23)33-27(38)26(30)31)35-28(34-24)32-18-20-7-9-21(10-8-20)36-11-14-39-15-12-36/h3-6,17,20-21,26H,7-16,18-19H2,1-2H3,(H,32,34,35)/t20-,21-. The summed E-state index contributed by atoms with van der Waals surface area (Å²) in [5.41, 5.74) is 0.800. The minimum Gasteiger partial charge on any atom is -0.379 e. The molecule has 0 spiro atoms. The van der Waals surface area contributed by atoms with E-state index in [1.54, 1.807) is 24.3 Å². The third-order valence-electron chi connectivity index (χ3n) is 8.56. The molecule has 1 N–H and O–H groups in total. The van der Waals surface area contributed by atoms with E-state index < -0.39 is 6.43 Å². The molecule has 11 heteroatoms. The van der Waals surface area contributed by atoms with E-state index in [0.29, 0.717) is 60.3 Å². The summed E-state index contributed by atoms with van der Waals surface area (Å²) in [6, 6.07) is 9.61. The molecule has 1 aromatic carbocycles. The number of rotatable bonds is 7. The van der Waals surface area contributed by atoms with Crippen molar-refractivity contribution in [2.24, 2.45) is 5.92 Å². The Kier molecular flexibility index (Phi) is 7.87. The van der Waals surface area contributed by atoms with Crippen molar-refractivity contribution in [1.29, 1.82) is 0 Å². The lowest BCUT2D eigenvalue weighted by Gasteiger charge is -2.43. The number of benzene rings is 1. The van der Waals surface area contributed by atoms with Gasteiger partial charge < -0.3 is 19.7 Å². The number of nitrogens with one attached hydrogen (secondary N) is 1. The van der Waals surface area contributed by atoms with Gasteiger partial charge in [-0.1, -0.05) is 12.1 Å². The number of ether oxygens (including phenoxy) is 2. The van der Waals surface area contributed by atoms with Gasteiger partial charge >= 0.3 is 0 Å². The second-order valence-electron chi connectivity index (χ2n) is 11.7. The molecule has 9 nitrogen and oxygen atoms in total. The van der Waals surface area contributed by atoms with Gasteiger partial charge in [0.05, 0.1) is 43.0 Å². The van der Waals surface area contributed by atoms with E-state index in [1.807, 2.05) is 6.07 Å². The Bertz CT molecular complexity index is 1300. The fourth-order valence-corrected chi connectivity index (χ4v) is 6.36. The maximum Gasteiger partial charge on any atom is 0.296 e. The first kappa shape index (κ1) is 27.3. The summed E-state index contributed by atoms with van der Waals surface area (Å²) in [6.07, 6.45) is 1.89. The highest BCUT2D eigenvalue weighted by molar-refractivity contribution is 5.78. The van der Waals surface area contributed by atoms with Crippen LogP contribution in [0.1, 0.15) is 51.8 Å². The van der Waals surface area contributed by atoms with Crippen LogP contribution in [-0.2, 0) is 9.47 Å². The number of imidazole rings is 1. The van der Waals surface area contributed by atoms with Crippen molar-refractivity contribution in [2.45, 2.75) is 57.5 Å². The SMILES string of the molecule is CC1(C)COCCN1c1cc(-n2c(C(F)F)nc3ccccc32)nc(NC[C@H]2CC[C@H](N3CCOCC3)CC2)n1. The first-order valence-corrected chi connectivity index (χ1v) is 14.4. The summed E-state index contributed by atoms with van der Waals surface area (Å²) < 4.78 is 41.1. The smallest absolute Gasteiger partial charge is 0.296 e. The predicted molar refractivity (Wildman–Crippen MR) is 150 cm³/mol. The Morgan fingerprint density at radius 3 is 2.42 bits per heavy atom. The molecule has 1 saturated carbocycles. The molecule has 40 heavy (non-hydrogen) atoms. The number of anilines is 2. The molecule has 0 unspecified atom stereocenters. The van der Waals surface area contributed by atoms with E-state index in [9.17, 15) is 8.78 Å². The fourth-order valence-electron chi connectivity index (χ4n) is 6.36. The summed E-state index contributed by atoms with van der Waals surface area (Å²) in [6.45, 7) is 10.4. The molecule has 2 aliphatic heterocycles. The molecule has 6 rings (SSSR count). The Morgan fingerprint density at radius 1 is 0.950 bits per heavy atom. The first-order valence-electron chi connectivity index (χ1n) is 14.4.